The summed E-state index contributed by atoms with van der Waals surface area (Å²) in [5.74, 6) is 0.125. The van der Waals surface area contributed by atoms with Crippen molar-refractivity contribution in [2.45, 2.75) is 25.5 Å². The first-order chi connectivity index (χ1) is 17.2. The van der Waals surface area contributed by atoms with Gasteiger partial charge in [0.2, 0.25) is 15.0 Å². The van der Waals surface area contributed by atoms with Gasteiger partial charge in [-0.2, -0.15) is 14.6 Å². The Morgan fingerprint density at radius 1 is 1.25 bits per heavy atom. The van der Waals surface area contributed by atoms with Gasteiger partial charge in [-0.25, -0.2) is 8.42 Å². The number of benzene rings is 2. The normalized spacial score (nSPS) is 11.9. The zero-order chi connectivity index (χ0) is 25.9. The van der Waals surface area contributed by atoms with Crippen LogP contribution in [0.1, 0.15) is 16.7 Å². The molecule has 11 heteroatoms. The van der Waals surface area contributed by atoms with E-state index in [-0.39, 0.29) is 15.9 Å². The monoisotopic (exact) mass is 521 g/mol. The summed E-state index contributed by atoms with van der Waals surface area (Å²) in [6, 6.07) is 15.6. The van der Waals surface area contributed by atoms with Crippen LogP contribution in [0.5, 0.6) is 5.75 Å². The van der Waals surface area contributed by atoms with Crippen LogP contribution in [0.4, 0.5) is 5.13 Å². The summed E-state index contributed by atoms with van der Waals surface area (Å²) >= 11 is 0.728. The van der Waals surface area contributed by atoms with E-state index in [1.165, 1.54) is 11.6 Å². The van der Waals surface area contributed by atoms with Crippen LogP contribution in [0.2, 0.25) is 0 Å². The molecule has 2 heterocycles. The fraction of sp³-hybridized carbons (Fsp3) is 0.200. The summed E-state index contributed by atoms with van der Waals surface area (Å²) in [6.45, 7) is 5.05. The van der Waals surface area contributed by atoms with Gasteiger partial charge < -0.3 is 9.30 Å². The highest BCUT2D eigenvalue weighted by atomic mass is 32.2. The summed E-state index contributed by atoms with van der Waals surface area (Å²) in [5, 5.41) is 12.6. The molecule has 0 atom stereocenters. The molecule has 2 aromatic carbocycles. The first-order valence-corrected chi connectivity index (χ1v) is 13.6. The number of fused-ring (bicyclic) bond motifs is 1. The third kappa shape index (κ3) is 5.62. The Kier molecular flexibility index (Phi) is 7.19. The number of sulfone groups is 1. The first kappa shape index (κ1) is 25.1. The van der Waals surface area contributed by atoms with Gasteiger partial charge in [-0.1, -0.05) is 35.9 Å². The smallest absolute Gasteiger partial charge is 0.268 e. The van der Waals surface area contributed by atoms with Crippen molar-refractivity contribution in [3.8, 4) is 11.8 Å². The number of anilines is 1. The van der Waals surface area contributed by atoms with Gasteiger partial charge in [-0.05, 0) is 37.6 Å². The van der Waals surface area contributed by atoms with E-state index in [2.05, 4.69) is 20.7 Å². The number of hydrogen-bond acceptors (Lipinski definition) is 8. The predicted octanol–water partition coefficient (Wildman–Crippen LogP) is 4.14. The first-order valence-electron chi connectivity index (χ1n) is 10.9. The van der Waals surface area contributed by atoms with Gasteiger partial charge in [0.15, 0.2) is 0 Å². The molecular formula is C25H23N5O4S2. The van der Waals surface area contributed by atoms with Crippen molar-refractivity contribution in [3.63, 3.8) is 0 Å². The van der Waals surface area contributed by atoms with Crippen LogP contribution in [0.25, 0.3) is 17.0 Å². The molecule has 0 aliphatic rings. The van der Waals surface area contributed by atoms with E-state index in [4.69, 9.17) is 4.74 Å². The van der Waals surface area contributed by atoms with Crippen LogP contribution >= 0.6 is 11.5 Å². The van der Waals surface area contributed by atoms with E-state index in [0.29, 0.717) is 18.7 Å². The molecule has 0 aliphatic carbocycles. The number of nitriles is 1. The van der Waals surface area contributed by atoms with Crippen LogP contribution in [0, 0.1) is 25.2 Å². The van der Waals surface area contributed by atoms with Crippen molar-refractivity contribution < 1.29 is 17.9 Å². The molecule has 2 aromatic heterocycles. The van der Waals surface area contributed by atoms with Gasteiger partial charge in [-0.15, -0.1) is 0 Å². The predicted molar refractivity (Wildman–Crippen MR) is 139 cm³/mol. The largest absolute Gasteiger partial charge is 0.491 e. The van der Waals surface area contributed by atoms with E-state index < -0.39 is 15.7 Å². The van der Waals surface area contributed by atoms with Gasteiger partial charge >= 0.3 is 0 Å². The average Bonchev–Trinajstić information content (AvgIpc) is 3.44. The number of ether oxygens (including phenoxy) is 1. The Morgan fingerprint density at radius 3 is 2.72 bits per heavy atom. The fourth-order valence-electron chi connectivity index (χ4n) is 3.67. The fourth-order valence-corrected chi connectivity index (χ4v) is 5.11. The lowest BCUT2D eigenvalue weighted by Crippen LogP contribution is -2.13. The molecule has 0 fully saturated rings. The third-order valence-corrected chi connectivity index (χ3v) is 6.96. The lowest BCUT2D eigenvalue weighted by Gasteiger charge is -2.11. The number of para-hydroxylation sites is 1. The minimum Gasteiger partial charge on any atom is -0.491 e. The van der Waals surface area contributed by atoms with Gasteiger partial charge in [0, 0.05) is 40.5 Å². The Labute approximate surface area is 212 Å². The maximum atomic E-state index is 12.7. The van der Waals surface area contributed by atoms with Crippen molar-refractivity contribution in [2.75, 3.05) is 18.2 Å². The molecule has 0 bridgehead atoms. The van der Waals surface area contributed by atoms with E-state index in [1.807, 2.05) is 67.1 Å². The molecule has 4 aromatic rings. The summed E-state index contributed by atoms with van der Waals surface area (Å²) in [6.07, 6.45) is 4.34. The molecule has 0 radical (unpaired) electrons. The van der Waals surface area contributed by atoms with Crippen LogP contribution in [-0.2, 0) is 21.2 Å². The number of nitrogens with zero attached hydrogens (tertiary/aromatic N) is 4. The summed E-state index contributed by atoms with van der Waals surface area (Å²) < 4.78 is 34.9. The molecule has 4 rings (SSSR count). The number of hydrogen-bond donors (Lipinski definition) is 1. The number of carbonyl (C=O) groups excluding carboxylic acids is 1. The van der Waals surface area contributed by atoms with Crippen LogP contribution in [0.15, 0.2) is 59.4 Å². The second-order valence-corrected chi connectivity index (χ2v) is 10.9. The number of aryl methyl sites for hydroxylation is 2. The van der Waals surface area contributed by atoms with Gasteiger partial charge in [0.05, 0.1) is 6.54 Å². The quantitative estimate of drug-likeness (QED) is 0.273. The molecule has 0 aliphatic heterocycles. The minimum atomic E-state index is -3.60. The average molecular weight is 522 g/mol. The van der Waals surface area contributed by atoms with Crippen LogP contribution in [0.3, 0.4) is 0 Å². The highest BCUT2D eigenvalue weighted by Crippen LogP contribution is 2.25. The topological polar surface area (TPSA) is 127 Å². The third-order valence-electron chi connectivity index (χ3n) is 5.36. The Hall–Kier alpha value is -4.01. The molecule has 0 spiro atoms. The van der Waals surface area contributed by atoms with Crippen molar-refractivity contribution in [2.24, 2.45) is 0 Å². The lowest BCUT2D eigenvalue weighted by atomic mass is 10.1. The molecule has 0 saturated carbocycles. The lowest BCUT2D eigenvalue weighted by molar-refractivity contribution is -0.112. The maximum Gasteiger partial charge on any atom is 0.268 e. The summed E-state index contributed by atoms with van der Waals surface area (Å²) in [5.41, 5.74) is 3.72. The van der Waals surface area contributed by atoms with E-state index in [9.17, 15) is 18.5 Å². The zero-order valence-corrected chi connectivity index (χ0v) is 21.5. The summed E-state index contributed by atoms with van der Waals surface area (Å²) in [4.78, 5) is 16.5. The number of carbonyl (C=O) groups is 1. The highest BCUT2D eigenvalue weighted by Gasteiger charge is 2.18. The number of nitrogens with one attached hydrogen (secondary N) is 1. The van der Waals surface area contributed by atoms with E-state index in [1.54, 1.807) is 0 Å². The number of aromatic nitrogens is 3. The molecule has 1 amide bonds. The molecular weight excluding hydrogens is 498 g/mol. The molecule has 0 unspecified atom stereocenters. The minimum absolute atomic E-state index is 0.00690. The van der Waals surface area contributed by atoms with E-state index >= 15 is 0 Å². The highest BCUT2D eigenvalue weighted by molar-refractivity contribution is 7.90. The van der Waals surface area contributed by atoms with Gasteiger partial charge in [0.25, 0.3) is 11.1 Å². The summed E-state index contributed by atoms with van der Waals surface area (Å²) in [7, 11) is -3.60. The second kappa shape index (κ2) is 10.3. The zero-order valence-electron chi connectivity index (χ0n) is 19.8. The van der Waals surface area contributed by atoms with Crippen molar-refractivity contribution >= 4 is 49.4 Å². The number of amides is 1. The van der Waals surface area contributed by atoms with Crippen LogP contribution in [-0.4, -0.2) is 41.1 Å². The number of rotatable bonds is 8. The molecule has 36 heavy (non-hydrogen) atoms. The molecule has 184 valence electrons. The van der Waals surface area contributed by atoms with Crippen molar-refractivity contribution in [1.82, 2.24) is 13.9 Å². The van der Waals surface area contributed by atoms with Gasteiger partial charge in [-0.3, -0.25) is 10.1 Å². The van der Waals surface area contributed by atoms with Crippen molar-refractivity contribution in [1.29, 1.82) is 5.26 Å². The molecule has 9 nitrogen and oxygen atoms in total. The Balaban J connectivity index is 1.55. The van der Waals surface area contributed by atoms with E-state index in [0.717, 1.165) is 40.0 Å². The van der Waals surface area contributed by atoms with Crippen LogP contribution < -0.4 is 10.1 Å². The molecule has 1 N–H and O–H groups in total. The SMILES string of the molecule is Cc1ccc(OCCn2cc(/C=C(/C#N)C(=O)Nc3nc(S(C)(=O)=O)ns3)c3ccccc32)c(C)c1. The maximum absolute atomic E-state index is 12.7. The molecule has 0 saturated heterocycles. The Bertz CT molecular complexity index is 1630. The Morgan fingerprint density at radius 2 is 2.03 bits per heavy atom. The standard InChI is InChI=1S/C25H23N5O4S2/c1-16-8-9-22(17(2)12-16)34-11-10-30-15-19(20-6-4-5-7-21(20)30)13-18(14-26)23(31)27-24-28-25(29-35-24)36(3,32)33/h4-9,12-13,15H,10-11H2,1-3H3,(H,27,28,29,31)/b18-13-. The van der Waals surface area contributed by atoms with Gasteiger partial charge in [0.1, 0.15) is 24.0 Å². The second-order valence-electron chi connectivity index (χ2n) is 8.19. The van der Waals surface area contributed by atoms with Crippen molar-refractivity contribution in [3.05, 3.63) is 70.9 Å².